The van der Waals surface area contributed by atoms with Crippen LogP contribution in [0.4, 0.5) is 0 Å². The molecular weight excluding hydrogens is 158 g/mol. The molecule has 0 aromatic carbocycles. The molecule has 0 aromatic heterocycles. The third-order valence-corrected chi connectivity index (χ3v) is 5.09. The molecule has 0 aromatic rings. The molecule has 5 atom stereocenters. The summed E-state index contributed by atoms with van der Waals surface area (Å²) in [5.74, 6) is 4.53. The van der Waals surface area contributed by atoms with Gasteiger partial charge < -0.3 is 5.32 Å². The smallest absolute Gasteiger partial charge is 0.00670 e. The van der Waals surface area contributed by atoms with Gasteiger partial charge in [-0.3, -0.25) is 0 Å². The molecule has 0 heterocycles. The minimum absolute atomic E-state index is 0.848. The third-order valence-electron chi connectivity index (χ3n) is 5.09. The summed E-state index contributed by atoms with van der Waals surface area (Å²) < 4.78 is 0. The lowest BCUT2D eigenvalue weighted by molar-refractivity contribution is 0.136. The van der Waals surface area contributed by atoms with Gasteiger partial charge in [0.2, 0.25) is 0 Å². The molecule has 5 unspecified atom stereocenters. The van der Waals surface area contributed by atoms with Gasteiger partial charge in [-0.2, -0.15) is 0 Å². The van der Waals surface area contributed by atoms with Gasteiger partial charge in [0, 0.05) is 6.04 Å². The molecule has 3 aliphatic rings. The van der Waals surface area contributed by atoms with E-state index in [9.17, 15) is 0 Å². The predicted octanol–water partition coefficient (Wildman–Crippen LogP) is 2.42. The van der Waals surface area contributed by atoms with Gasteiger partial charge in [-0.1, -0.05) is 0 Å². The van der Waals surface area contributed by atoms with Crippen molar-refractivity contribution >= 4 is 0 Å². The average molecular weight is 179 g/mol. The summed E-state index contributed by atoms with van der Waals surface area (Å²) in [5, 5.41) is 3.48. The van der Waals surface area contributed by atoms with Gasteiger partial charge >= 0.3 is 0 Å². The van der Waals surface area contributed by atoms with Crippen LogP contribution in [0.5, 0.6) is 0 Å². The number of hydrogen-bond donors (Lipinski definition) is 1. The van der Waals surface area contributed by atoms with Crippen molar-refractivity contribution < 1.29 is 0 Å². The fourth-order valence-corrected chi connectivity index (χ4v) is 4.45. The van der Waals surface area contributed by atoms with Gasteiger partial charge in [-0.15, -0.1) is 0 Å². The van der Waals surface area contributed by atoms with Crippen molar-refractivity contribution in [1.82, 2.24) is 5.32 Å². The van der Waals surface area contributed by atoms with Crippen LogP contribution in [-0.2, 0) is 0 Å². The lowest BCUT2D eigenvalue weighted by Gasteiger charge is -2.38. The van der Waals surface area contributed by atoms with Crippen LogP contribution in [0.1, 0.15) is 38.5 Å². The Morgan fingerprint density at radius 1 is 0.846 bits per heavy atom. The Bertz CT molecular complexity index is 201. The number of nitrogens with one attached hydrogen (secondary N) is 1. The monoisotopic (exact) mass is 179 g/mol. The van der Waals surface area contributed by atoms with Gasteiger partial charge in [0.05, 0.1) is 0 Å². The molecule has 3 saturated carbocycles. The van der Waals surface area contributed by atoms with E-state index in [1.807, 2.05) is 0 Å². The van der Waals surface area contributed by atoms with E-state index in [1.165, 1.54) is 19.3 Å². The van der Waals surface area contributed by atoms with Crippen LogP contribution in [0.3, 0.4) is 0 Å². The van der Waals surface area contributed by atoms with Gasteiger partial charge in [0.1, 0.15) is 0 Å². The second-order valence-electron chi connectivity index (χ2n) is 5.46. The molecule has 0 spiro atoms. The van der Waals surface area contributed by atoms with Crippen LogP contribution in [0.25, 0.3) is 0 Å². The van der Waals surface area contributed by atoms with Gasteiger partial charge in [0.15, 0.2) is 0 Å². The van der Waals surface area contributed by atoms with Crippen LogP contribution < -0.4 is 5.32 Å². The Kier molecular flexibility index (Phi) is 1.90. The Balaban J connectivity index is 1.74. The maximum atomic E-state index is 3.48. The summed E-state index contributed by atoms with van der Waals surface area (Å²) in [6.07, 6.45) is 9.17. The molecule has 0 aliphatic heterocycles. The van der Waals surface area contributed by atoms with E-state index >= 15 is 0 Å². The maximum absolute atomic E-state index is 3.48. The van der Waals surface area contributed by atoms with E-state index in [0.717, 1.165) is 29.7 Å². The highest BCUT2D eigenvalue weighted by Gasteiger charge is 2.49. The standard InChI is InChI=1S/C12H21N/c1-13-10-4-5-11-8-2-3-9(6-8)12(11)7-10/h8-13H,2-7H2,1H3. The summed E-state index contributed by atoms with van der Waals surface area (Å²) in [6.45, 7) is 0. The van der Waals surface area contributed by atoms with Crippen LogP contribution in [0.2, 0.25) is 0 Å². The fourth-order valence-electron chi connectivity index (χ4n) is 4.45. The summed E-state index contributed by atoms with van der Waals surface area (Å²) >= 11 is 0. The molecule has 0 saturated heterocycles. The second kappa shape index (κ2) is 2.98. The Hall–Kier alpha value is -0.0400. The van der Waals surface area contributed by atoms with E-state index in [1.54, 1.807) is 19.3 Å². The number of hydrogen-bond acceptors (Lipinski definition) is 1. The average Bonchev–Trinajstić information content (AvgIpc) is 2.77. The highest BCUT2D eigenvalue weighted by Crippen LogP contribution is 2.57. The molecule has 2 bridgehead atoms. The van der Waals surface area contributed by atoms with Crippen molar-refractivity contribution in [2.24, 2.45) is 23.7 Å². The van der Waals surface area contributed by atoms with E-state index < -0.39 is 0 Å². The molecule has 3 fully saturated rings. The zero-order valence-corrected chi connectivity index (χ0v) is 8.63. The van der Waals surface area contributed by atoms with Crippen molar-refractivity contribution in [2.75, 3.05) is 7.05 Å². The quantitative estimate of drug-likeness (QED) is 0.652. The van der Waals surface area contributed by atoms with Crippen molar-refractivity contribution in [3.63, 3.8) is 0 Å². The highest BCUT2D eigenvalue weighted by molar-refractivity contribution is 5.00. The summed E-state index contributed by atoms with van der Waals surface area (Å²) in [6, 6.07) is 0.848. The number of rotatable bonds is 1. The first kappa shape index (κ1) is 8.28. The van der Waals surface area contributed by atoms with E-state index in [4.69, 9.17) is 0 Å². The maximum Gasteiger partial charge on any atom is 0.00670 e. The lowest BCUT2D eigenvalue weighted by Crippen LogP contribution is -2.38. The van der Waals surface area contributed by atoms with Crippen LogP contribution in [0, 0.1) is 23.7 Å². The van der Waals surface area contributed by atoms with Crippen molar-refractivity contribution in [3.8, 4) is 0 Å². The molecule has 13 heavy (non-hydrogen) atoms. The highest BCUT2D eigenvalue weighted by atomic mass is 14.9. The summed E-state index contributed by atoms with van der Waals surface area (Å²) in [5.41, 5.74) is 0. The first-order valence-corrected chi connectivity index (χ1v) is 6.05. The molecule has 1 nitrogen and oxygen atoms in total. The fraction of sp³-hybridized carbons (Fsp3) is 1.00. The van der Waals surface area contributed by atoms with Crippen LogP contribution in [-0.4, -0.2) is 13.1 Å². The Morgan fingerprint density at radius 3 is 2.38 bits per heavy atom. The zero-order chi connectivity index (χ0) is 8.84. The van der Waals surface area contributed by atoms with E-state index in [-0.39, 0.29) is 0 Å². The topological polar surface area (TPSA) is 12.0 Å². The zero-order valence-electron chi connectivity index (χ0n) is 8.63. The minimum Gasteiger partial charge on any atom is -0.317 e. The summed E-state index contributed by atoms with van der Waals surface area (Å²) in [4.78, 5) is 0. The van der Waals surface area contributed by atoms with E-state index in [0.29, 0.717) is 0 Å². The molecular formula is C12H21N. The molecule has 74 valence electrons. The van der Waals surface area contributed by atoms with Crippen molar-refractivity contribution in [3.05, 3.63) is 0 Å². The largest absolute Gasteiger partial charge is 0.317 e. The predicted molar refractivity (Wildman–Crippen MR) is 54.5 cm³/mol. The van der Waals surface area contributed by atoms with Crippen molar-refractivity contribution in [2.45, 2.75) is 44.6 Å². The minimum atomic E-state index is 0.848. The number of fused-ring (bicyclic) bond motifs is 5. The Labute approximate surface area is 81.3 Å². The lowest BCUT2D eigenvalue weighted by atomic mass is 9.69. The second-order valence-corrected chi connectivity index (χ2v) is 5.46. The third kappa shape index (κ3) is 1.16. The molecule has 1 heteroatoms. The summed E-state index contributed by atoms with van der Waals surface area (Å²) in [7, 11) is 2.14. The molecule has 3 rings (SSSR count). The van der Waals surface area contributed by atoms with Crippen LogP contribution >= 0.6 is 0 Å². The first-order valence-electron chi connectivity index (χ1n) is 6.05. The van der Waals surface area contributed by atoms with E-state index in [2.05, 4.69) is 12.4 Å². The molecule has 1 N–H and O–H groups in total. The van der Waals surface area contributed by atoms with Crippen molar-refractivity contribution in [1.29, 1.82) is 0 Å². The Morgan fingerprint density at radius 2 is 1.62 bits per heavy atom. The molecule has 3 aliphatic carbocycles. The SMILES string of the molecule is CNC1CCC2C3CCC(C3)C2C1. The van der Waals surface area contributed by atoms with Gasteiger partial charge in [-0.05, 0) is 69.2 Å². The van der Waals surface area contributed by atoms with Gasteiger partial charge in [0.25, 0.3) is 0 Å². The first-order chi connectivity index (χ1) is 6.38. The van der Waals surface area contributed by atoms with Crippen LogP contribution in [0.15, 0.2) is 0 Å². The normalized spacial score (nSPS) is 53.8. The van der Waals surface area contributed by atoms with Gasteiger partial charge in [-0.25, -0.2) is 0 Å². The molecule has 0 radical (unpaired) electrons. The molecule has 0 amide bonds.